The zero-order valence-electron chi connectivity index (χ0n) is 6.91. The van der Waals surface area contributed by atoms with Gasteiger partial charge < -0.3 is 24.4 Å². The summed E-state index contributed by atoms with van der Waals surface area (Å²) in [6.07, 6.45) is -4.81. The number of aliphatic hydroxyl groups is 2. The van der Waals surface area contributed by atoms with Gasteiger partial charge in [-0.15, -0.1) is 0 Å². The summed E-state index contributed by atoms with van der Waals surface area (Å²) in [6.45, 7) is 0. The minimum absolute atomic E-state index is 0.761. The second-order valence-electron chi connectivity index (χ2n) is 3.04. The highest BCUT2D eigenvalue weighted by atomic mass is 16.7. The molecule has 2 saturated heterocycles. The molecule has 0 aromatic heterocycles. The molecular formula is C7H10O6. The van der Waals surface area contributed by atoms with Gasteiger partial charge in [-0.05, 0) is 0 Å². The van der Waals surface area contributed by atoms with Gasteiger partial charge in [0.15, 0.2) is 18.5 Å². The summed E-state index contributed by atoms with van der Waals surface area (Å²) in [5.74, 6) is -0.761. The first-order chi connectivity index (χ1) is 6.15. The van der Waals surface area contributed by atoms with Crippen LogP contribution in [-0.4, -0.2) is 54.0 Å². The monoisotopic (exact) mass is 190 g/mol. The second-order valence-corrected chi connectivity index (χ2v) is 3.04. The average molecular weight is 190 g/mol. The number of methoxy groups -OCH3 is 1. The summed E-state index contributed by atoms with van der Waals surface area (Å²) in [7, 11) is 1.36. The quantitative estimate of drug-likeness (QED) is 0.465. The van der Waals surface area contributed by atoms with E-state index in [1.165, 1.54) is 7.11 Å². The second kappa shape index (κ2) is 2.91. The van der Waals surface area contributed by atoms with Gasteiger partial charge in [0, 0.05) is 7.11 Å². The van der Waals surface area contributed by atoms with Crippen molar-refractivity contribution in [3.05, 3.63) is 0 Å². The number of carbonyl (C=O) groups excluding carboxylic acids is 1. The van der Waals surface area contributed by atoms with Gasteiger partial charge in [-0.3, -0.25) is 0 Å². The number of hydrogen-bond donors (Lipinski definition) is 2. The van der Waals surface area contributed by atoms with Crippen molar-refractivity contribution in [3.8, 4) is 0 Å². The van der Waals surface area contributed by atoms with Crippen molar-refractivity contribution >= 4 is 5.97 Å². The summed E-state index contributed by atoms with van der Waals surface area (Å²) in [5, 5.41) is 18.7. The van der Waals surface area contributed by atoms with E-state index in [4.69, 9.17) is 14.2 Å². The minimum atomic E-state index is -1.32. The maximum atomic E-state index is 10.8. The molecule has 74 valence electrons. The third-order valence-electron chi connectivity index (χ3n) is 2.27. The Labute approximate surface area is 74.0 Å². The van der Waals surface area contributed by atoms with Crippen LogP contribution in [0, 0.1) is 0 Å². The lowest BCUT2D eigenvalue weighted by molar-refractivity contribution is -0.177. The summed E-state index contributed by atoms with van der Waals surface area (Å²) in [4.78, 5) is 10.8. The zero-order chi connectivity index (χ0) is 9.59. The van der Waals surface area contributed by atoms with E-state index in [1.54, 1.807) is 0 Å². The normalized spacial score (nSPS) is 49.2. The van der Waals surface area contributed by atoms with E-state index in [2.05, 4.69) is 0 Å². The zero-order valence-corrected chi connectivity index (χ0v) is 6.91. The lowest BCUT2D eigenvalue weighted by Gasteiger charge is -2.14. The molecule has 0 aliphatic carbocycles. The molecule has 2 N–H and O–H groups in total. The minimum Gasteiger partial charge on any atom is -0.454 e. The molecule has 0 aromatic carbocycles. The van der Waals surface area contributed by atoms with E-state index in [-0.39, 0.29) is 0 Å². The highest BCUT2D eigenvalue weighted by Gasteiger charge is 2.56. The van der Waals surface area contributed by atoms with Crippen LogP contribution < -0.4 is 0 Å². The first-order valence-corrected chi connectivity index (χ1v) is 3.90. The summed E-state index contributed by atoms with van der Waals surface area (Å²) >= 11 is 0. The molecule has 2 heterocycles. The van der Waals surface area contributed by atoms with Crippen LogP contribution in [0.1, 0.15) is 0 Å². The Hall–Kier alpha value is -0.690. The van der Waals surface area contributed by atoms with Crippen LogP contribution in [0.4, 0.5) is 0 Å². The fraction of sp³-hybridized carbons (Fsp3) is 0.857. The highest BCUT2D eigenvalue weighted by Crippen LogP contribution is 2.31. The van der Waals surface area contributed by atoms with Gasteiger partial charge >= 0.3 is 5.97 Å². The van der Waals surface area contributed by atoms with Gasteiger partial charge in [-0.2, -0.15) is 0 Å². The molecule has 0 radical (unpaired) electrons. The molecule has 5 atom stereocenters. The Balaban J connectivity index is 2.14. The van der Waals surface area contributed by atoms with Crippen molar-refractivity contribution in [2.24, 2.45) is 0 Å². The van der Waals surface area contributed by atoms with Crippen LogP contribution in [0.3, 0.4) is 0 Å². The Morgan fingerprint density at radius 2 is 2.08 bits per heavy atom. The molecule has 13 heavy (non-hydrogen) atoms. The molecule has 0 saturated carbocycles. The maximum Gasteiger partial charge on any atom is 0.338 e. The van der Waals surface area contributed by atoms with Crippen molar-refractivity contribution in [2.45, 2.75) is 30.7 Å². The molecule has 0 bridgehead atoms. The predicted molar refractivity (Wildman–Crippen MR) is 37.6 cm³/mol. The van der Waals surface area contributed by atoms with Crippen LogP contribution in [0.5, 0.6) is 0 Å². The van der Waals surface area contributed by atoms with Gasteiger partial charge in [0.05, 0.1) is 0 Å². The smallest absolute Gasteiger partial charge is 0.338 e. The first-order valence-electron chi connectivity index (χ1n) is 3.90. The van der Waals surface area contributed by atoms with Gasteiger partial charge in [-0.1, -0.05) is 0 Å². The Kier molecular flexibility index (Phi) is 1.99. The van der Waals surface area contributed by atoms with E-state index in [0.717, 1.165) is 0 Å². The lowest BCUT2D eigenvalue weighted by Crippen LogP contribution is -2.32. The Bertz CT molecular complexity index is 229. The topological polar surface area (TPSA) is 85.2 Å². The molecule has 2 rings (SSSR count). The van der Waals surface area contributed by atoms with Crippen LogP contribution in [0.2, 0.25) is 0 Å². The van der Waals surface area contributed by atoms with E-state index >= 15 is 0 Å². The summed E-state index contributed by atoms with van der Waals surface area (Å²) in [6, 6.07) is 0. The van der Waals surface area contributed by atoms with Crippen molar-refractivity contribution in [1.82, 2.24) is 0 Å². The van der Waals surface area contributed by atoms with Crippen molar-refractivity contribution in [2.75, 3.05) is 7.11 Å². The number of hydrogen-bond acceptors (Lipinski definition) is 6. The van der Waals surface area contributed by atoms with Gasteiger partial charge in [0.2, 0.25) is 0 Å². The predicted octanol–water partition coefficient (Wildman–Crippen LogP) is -2.00. The first kappa shape index (κ1) is 8.89. The number of rotatable bonds is 1. The maximum absolute atomic E-state index is 10.8. The van der Waals surface area contributed by atoms with Crippen molar-refractivity contribution in [3.63, 3.8) is 0 Å². The van der Waals surface area contributed by atoms with E-state index in [9.17, 15) is 15.0 Å². The largest absolute Gasteiger partial charge is 0.454 e. The van der Waals surface area contributed by atoms with Crippen LogP contribution >= 0.6 is 0 Å². The SMILES string of the molecule is CO[C@@H]1O[C@@H]2C(O)C(=O)O[C@@H]2[C@H]1O. The summed E-state index contributed by atoms with van der Waals surface area (Å²) < 4.78 is 14.5. The molecule has 0 spiro atoms. The van der Waals surface area contributed by atoms with Gasteiger partial charge in [-0.25, -0.2) is 4.79 Å². The fourth-order valence-corrected chi connectivity index (χ4v) is 1.59. The number of fused-ring (bicyclic) bond motifs is 1. The third-order valence-corrected chi connectivity index (χ3v) is 2.27. The average Bonchev–Trinajstić information content (AvgIpc) is 2.56. The highest BCUT2D eigenvalue weighted by molar-refractivity contribution is 5.78. The number of ether oxygens (including phenoxy) is 3. The van der Waals surface area contributed by atoms with Gasteiger partial charge in [0.25, 0.3) is 0 Å². The molecule has 0 amide bonds. The van der Waals surface area contributed by atoms with E-state index in [1.807, 2.05) is 0 Å². The Morgan fingerprint density at radius 1 is 1.38 bits per heavy atom. The van der Waals surface area contributed by atoms with E-state index < -0.39 is 36.7 Å². The fourth-order valence-electron chi connectivity index (χ4n) is 1.59. The van der Waals surface area contributed by atoms with Crippen LogP contribution in [0.15, 0.2) is 0 Å². The number of carbonyl (C=O) groups is 1. The third kappa shape index (κ3) is 1.14. The molecular weight excluding hydrogens is 180 g/mol. The van der Waals surface area contributed by atoms with Crippen LogP contribution in [-0.2, 0) is 19.0 Å². The molecule has 6 nitrogen and oxygen atoms in total. The van der Waals surface area contributed by atoms with Crippen molar-refractivity contribution in [1.29, 1.82) is 0 Å². The molecule has 2 fully saturated rings. The number of aliphatic hydroxyl groups excluding tert-OH is 2. The molecule has 1 unspecified atom stereocenters. The lowest BCUT2D eigenvalue weighted by atomic mass is 10.1. The summed E-state index contributed by atoms with van der Waals surface area (Å²) in [5.41, 5.74) is 0. The van der Waals surface area contributed by atoms with Crippen molar-refractivity contribution < 1.29 is 29.2 Å². The van der Waals surface area contributed by atoms with E-state index in [0.29, 0.717) is 0 Å². The van der Waals surface area contributed by atoms with Crippen LogP contribution in [0.25, 0.3) is 0 Å². The molecule has 0 aromatic rings. The Morgan fingerprint density at radius 3 is 2.62 bits per heavy atom. The standard InChI is InChI=1S/C7H10O6/c1-11-7-3(9)5-4(13-7)2(8)6(10)12-5/h2-5,7-9H,1H3/t2?,3-,4-,5-,7-/m1/s1. The molecule has 2 aliphatic rings. The molecule has 2 aliphatic heterocycles. The molecule has 6 heteroatoms. The number of esters is 1. The van der Waals surface area contributed by atoms with Gasteiger partial charge in [0.1, 0.15) is 12.2 Å².